The summed E-state index contributed by atoms with van der Waals surface area (Å²) >= 11 is 0. The zero-order valence-electron chi connectivity index (χ0n) is 22.6. The number of aliphatic hydroxyl groups is 8. The molecule has 0 spiro atoms. The Morgan fingerprint density at radius 2 is 1.28 bits per heavy atom. The van der Waals surface area contributed by atoms with E-state index in [4.69, 9.17) is 18.9 Å². The van der Waals surface area contributed by atoms with E-state index in [1.807, 2.05) is 20.8 Å². The van der Waals surface area contributed by atoms with Gasteiger partial charge in [0.1, 0.15) is 60.3 Å². The lowest BCUT2D eigenvalue weighted by atomic mass is 9.93. The molecule has 8 N–H and O–H groups in total. The Balaban J connectivity index is 1.93. The molecule has 39 heavy (non-hydrogen) atoms. The van der Waals surface area contributed by atoms with Crippen molar-refractivity contribution in [3.05, 3.63) is 34.9 Å². The largest absolute Gasteiger partial charge is 0.462 e. The van der Waals surface area contributed by atoms with E-state index in [0.29, 0.717) is 23.3 Å². The van der Waals surface area contributed by atoms with E-state index in [1.54, 1.807) is 19.1 Å². The first-order chi connectivity index (χ1) is 18.4. The molecule has 1 aromatic carbocycles. The number of rotatable bonds is 10. The van der Waals surface area contributed by atoms with E-state index >= 15 is 0 Å². The summed E-state index contributed by atoms with van der Waals surface area (Å²) in [7, 11) is 0. The number of hydrogen-bond donors (Lipinski definition) is 8. The summed E-state index contributed by atoms with van der Waals surface area (Å²) in [6, 6.07) is 3.29. The average Bonchev–Trinajstić information content (AvgIpc) is 2.90. The van der Waals surface area contributed by atoms with Gasteiger partial charge in [0.05, 0.1) is 13.2 Å². The zero-order valence-corrected chi connectivity index (χ0v) is 22.6. The van der Waals surface area contributed by atoms with Gasteiger partial charge in [-0.15, -0.1) is 0 Å². The van der Waals surface area contributed by atoms with Crippen molar-refractivity contribution in [2.75, 3.05) is 13.2 Å². The summed E-state index contributed by atoms with van der Waals surface area (Å²) < 4.78 is 22.9. The third kappa shape index (κ3) is 7.27. The second-order valence-electron chi connectivity index (χ2n) is 10.5. The first kappa shape index (κ1) is 31.7. The highest BCUT2D eigenvalue weighted by Gasteiger charge is 2.46. The first-order valence-electron chi connectivity index (χ1n) is 13.1. The summed E-state index contributed by atoms with van der Waals surface area (Å²) in [6.45, 7) is 6.45. The fourth-order valence-corrected chi connectivity index (χ4v) is 4.65. The van der Waals surface area contributed by atoms with Crippen molar-refractivity contribution in [3.63, 3.8) is 0 Å². The molecule has 12 heteroatoms. The van der Waals surface area contributed by atoms with Crippen LogP contribution < -0.4 is 9.47 Å². The van der Waals surface area contributed by atoms with Crippen LogP contribution in [0.1, 0.15) is 50.7 Å². The van der Waals surface area contributed by atoms with Crippen LogP contribution in [0.5, 0.6) is 11.5 Å². The molecular formula is C27H42O12. The Hall–Kier alpha value is -1.84. The third-order valence-corrected chi connectivity index (χ3v) is 7.17. The minimum atomic E-state index is -1.60. The molecule has 11 atom stereocenters. The molecule has 0 saturated carbocycles. The zero-order chi connectivity index (χ0) is 29.0. The molecule has 0 bridgehead atoms. The van der Waals surface area contributed by atoms with Gasteiger partial charge in [-0.1, -0.05) is 18.6 Å². The molecule has 12 nitrogen and oxygen atoms in total. The summed E-state index contributed by atoms with van der Waals surface area (Å²) in [5.41, 5.74) is 2.32. The van der Waals surface area contributed by atoms with Crippen molar-refractivity contribution < 1.29 is 59.8 Å². The number of hydrogen-bond acceptors (Lipinski definition) is 12. The maximum Gasteiger partial charge on any atom is 0.229 e. The van der Waals surface area contributed by atoms with E-state index < -0.39 is 74.6 Å². The number of benzene rings is 1. The van der Waals surface area contributed by atoms with Gasteiger partial charge < -0.3 is 59.8 Å². The number of aliphatic hydroxyl groups excluding tert-OH is 8. The summed E-state index contributed by atoms with van der Waals surface area (Å²) in [6.07, 6.45) is -10.9. The van der Waals surface area contributed by atoms with E-state index in [1.165, 1.54) is 0 Å². The number of aryl methyl sites for hydroxylation is 1. The third-order valence-electron chi connectivity index (χ3n) is 7.17. The molecule has 2 aliphatic heterocycles. The molecule has 222 valence electrons. The molecule has 0 aliphatic carbocycles. The molecule has 2 fully saturated rings. The maximum absolute atomic E-state index is 10.5. The smallest absolute Gasteiger partial charge is 0.229 e. The quantitative estimate of drug-likeness (QED) is 0.167. The van der Waals surface area contributed by atoms with Crippen LogP contribution in [0, 0.1) is 6.92 Å². The summed E-state index contributed by atoms with van der Waals surface area (Å²) in [4.78, 5) is 0. The summed E-state index contributed by atoms with van der Waals surface area (Å²) in [5.74, 6) is 0.477. The number of ether oxygens (including phenoxy) is 4. The fraction of sp³-hybridized carbons (Fsp3) is 0.704. The fourth-order valence-electron chi connectivity index (χ4n) is 4.65. The van der Waals surface area contributed by atoms with Crippen LogP contribution in [0.2, 0.25) is 0 Å². The molecule has 2 saturated heterocycles. The SMILES string of the molecule is CC(C)=CCC[C@@H](C)c1cc(O[C@@H]2O[C@H](CO)[C@@H](O)[C@H](O)[C@H]2O)c(C)cc1O[C@@H]1O[C@H](CO)[C@@H](O)[C@H](O)[C@H]1O. The van der Waals surface area contributed by atoms with Crippen LogP contribution in [0.15, 0.2) is 23.8 Å². The molecule has 0 amide bonds. The topological polar surface area (TPSA) is 199 Å². The minimum absolute atomic E-state index is 0.113. The van der Waals surface area contributed by atoms with Crippen LogP contribution in [0.3, 0.4) is 0 Å². The Kier molecular flexibility index (Phi) is 11.1. The van der Waals surface area contributed by atoms with Crippen LogP contribution in [0.25, 0.3) is 0 Å². The summed E-state index contributed by atoms with van der Waals surface area (Å²) in [5, 5.41) is 80.4. The predicted molar refractivity (Wildman–Crippen MR) is 137 cm³/mol. The second-order valence-corrected chi connectivity index (χ2v) is 10.5. The minimum Gasteiger partial charge on any atom is -0.462 e. The highest BCUT2D eigenvalue weighted by molar-refractivity contribution is 5.47. The van der Waals surface area contributed by atoms with E-state index in [9.17, 15) is 40.9 Å². The molecule has 1 aromatic rings. The number of allylic oxidation sites excluding steroid dienone is 2. The molecular weight excluding hydrogens is 516 g/mol. The molecule has 2 heterocycles. The first-order valence-corrected chi connectivity index (χ1v) is 13.1. The van der Waals surface area contributed by atoms with Gasteiger partial charge in [0, 0.05) is 5.56 Å². The van der Waals surface area contributed by atoms with E-state index in [0.717, 1.165) is 12.0 Å². The van der Waals surface area contributed by atoms with Crippen molar-refractivity contribution in [1.29, 1.82) is 0 Å². The van der Waals surface area contributed by atoms with Crippen molar-refractivity contribution in [2.45, 2.75) is 108 Å². The van der Waals surface area contributed by atoms with Gasteiger partial charge in [-0.2, -0.15) is 0 Å². The molecule has 0 aromatic heterocycles. The van der Waals surface area contributed by atoms with Crippen LogP contribution in [-0.2, 0) is 9.47 Å². The molecule has 3 rings (SSSR count). The predicted octanol–water partition coefficient (Wildman–Crippen LogP) is -0.798. The van der Waals surface area contributed by atoms with E-state index in [-0.39, 0.29) is 11.7 Å². The Labute approximate surface area is 227 Å². The van der Waals surface area contributed by atoms with Crippen LogP contribution >= 0.6 is 0 Å². The lowest BCUT2D eigenvalue weighted by Gasteiger charge is -2.40. The Morgan fingerprint density at radius 1 is 0.795 bits per heavy atom. The lowest BCUT2D eigenvalue weighted by Crippen LogP contribution is -2.60. The Morgan fingerprint density at radius 3 is 1.74 bits per heavy atom. The normalized spacial score (nSPS) is 35.8. The molecule has 0 unspecified atom stereocenters. The van der Waals surface area contributed by atoms with E-state index in [2.05, 4.69) is 6.08 Å². The highest BCUT2D eigenvalue weighted by Crippen LogP contribution is 2.38. The van der Waals surface area contributed by atoms with Crippen LogP contribution in [0.4, 0.5) is 0 Å². The maximum atomic E-state index is 10.5. The standard InChI is InChI=1S/C27H42O12/c1-12(2)6-5-7-13(3)15-9-16(36-26-24(34)22(32)20(30)18(10-28)38-26)14(4)8-17(15)37-27-25(35)23(33)21(31)19(11-29)39-27/h6,8-9,13,18-35H,5,7,10-11H2,1-4H3/t13-,18-,19-,20-,21-,22+,23+,24-,25-,26-,27-/m1/s1. The highest BCUT2D eigenvalue weighted by atomic mass is 16.7. The second kappa shape index (κ2) is 13.7. The van der Waals surface area contributed by atoms with Gasteiger partial charge in [0.2, 0.25) is 12.6 Å². The average molecular weight is 559 g/mol. The van der Waals surface area contributed by atoms with Gasteiger partial charge in [-0.3, -0.25) is 0 Å². The van der Waals surface area contributed by atoms with Gasteiger partial charge >= 0.3 is 0 Å². The van der Waals surface area contributed by atoms with Crippen molar-refractivity contribution >= 4 is 0 Å². The van der Waals surface area contributed by atoms with Gasteiger partial charge in [-0.25, -0.2) is 0 Å². The van der Waals surface area contributed by atoms with Crippen LogP contribution in [-0.4, -0.2) is 115 Å². The molecule has 0 radical (unpaired) electrons. The lowest BCUT2D eigenvalue weighted by molar-refractivity contribution is -0.278. The Bertz CT molecular complexity index is 962. The van der Waals surface area contributed by atoms with Crippen molar-refractivity contribution in [2.24, 2.45) is 0 Å². The van der Waals surface area contributed by atoms with Gasteiger partial charge in [0.25, 0.3) is 0 Å². The molecule has 2 aliphatic rings. The van der Waals surface area contributed by atoms with Gasteiger partial charge in [0.15, 0.2) is 0 Å². The monoisotopic (exact) mass is 558 g/mol. The van der Waals surface area contributed by atoms with Gasteiger partial charge in [-0.05, 0) is 57.2 Å². The van der Waals surface area contributed by atoms with Crippen molar-refractivity contribution in [3.8, 4) is 11.5 Å². The van der Waals surface area contributed by atoms with Crippen molar-refractivity contribution in [1.82, 2.24) is 0 Å².